The standard InChI is InChI=1S/C21H17FN4O3/c1-12-6-7-16(13(2)8-12)24-17(27)10-26-11-23-20-18(21(26)28)19(25-29-20)14-4-3-5-15(22)9-14/h3-9,11H,10H2,1-2H3,(H,24,27). The van der Waals surface area contributed by atoms with E-state index in [0.29, 0.717) is 11.3 Å². The van der Waals surface area contributed by atoms with E-state index >= 15 is 0 Å². The molecule has 146 valence electrons. The fourth-order valence-corrected chi connectivity index (χ4v) is 3.12. The van der Waals surface area contributed by atoms with Crippen molar-refractivity contribution in [2.24, 2.45) is 0 Å². The molecular formula is C21H17FN4O3. The van der Waals surface area contributed by atoms with E-state index in [4.69, 9.17) is 4.52 Å². The second-order valence-corrected chi connectivity index (χ2v) is 6.77. The number of nitrogens with one attached hydrogen (secondary N) is 1. The Kier molecular flexibility index (Phi) is 4.67. The number of carbonyl (C=O) groups excluding carboxylic acids is 1. The first-order valence-corrected chi connectivity index (χ1v) is 8.90. The minimum absolute atomic E-state index is 0.0281. The van der Waals surface area contributed by atoms with E-state index < -0.39 is 11.4 Å². The number of aryl methyl sites for hydroxylation is 2. The molecule has 0 saturated heterocycles. The topological polar surface area (TPSA) is 90.0 Å². The third kappa shape index (κ3) is 3.64. The van der Waals surface area contributed by atoms with Gasteiger partial charge in [-0.05, 0) is 37.6 Å². The van der Waals surface area contributed by atoms with Crippen LogP contribution in [-0.2, 0) is 11.3 Å². The van der Waals surface area contributed by atoms with Crippen molar-refractivity contribution in [1.82, 2.24) is 14.7 Å². The number of anilines is 1. The van der Waals surface area contributed by atoms with Crippen LogP contribution in [0, 0.1) is 19.7 Å². The molecule has 0 fully saturated rings. The Bertz CT molecular complexity index is 1290. The van der Waals surface area contributed by atoms with Gasteiger partial charge in [-0.2, -0.15) is 0 Å². The van der Waals surface area contributed by atoms with Crippen LogP contribution >= 0.6 is 0 Å². The molecule has 2 aromatic carbocycles. The summed E-state index contributed by atoms with van der Waals surface area (Å²) in [6.07, 6.45) is 1.23. The molecule has 0 unspecified atom stereocenters. The first kappa shape index (κ1) is 18.5. The number of hydrogen-bond donors (Lipinski definition) is 1. The Hall–Kier alpha value is -3.81. The Morgan fingerprint density at radius 2 is 2.03 bits per heavy atom. The highest BCUT2D eigenvalue weighted by Gasteiger charge is 2.18. The summed E-state index contributed by atoms with van der Waals surface area (Å²) in [6.45, 7) is 3.63. The number of amides is 1. The highest BCUT2D eigenvalue weighted by Crippen LogP contribution is 2.24. The lowest BCUT2D eigenvalue weighted by Gasteiger charge is -2.10. The van der Waals surface area contributed by atoms with Crippen molar-refractivity contribution in [1.29, 1.82) is 0 Å². The third-order valence-electron chi connectivity index (χ3n) is 4.53. The summed E-state index contributed by atoms with van der Waals surface area (Å²) >= 11 is 0. The Morgan fingerprint density at radius 1 is 1.21 bits per heavy atom. The van der Waals surface area contributed by atoms with Crippen LogP contribution in [0.25, 0.3) is 22.4 Å². The number of fused-ring (bicyclic) bond motifs is 1. The van der Waals surface area contributed by atoms with E-state index in [1.54, 1.807) is 6.07 Å². The molecular weight excluding hydrogens is 375 g/mol. The summed E-state index contributed by atoms with van der Waals surface area (Å²) in [4.78, 5) is 29.4. The quantitative estimate of drug-likeness (QED) is 0.575. The molecule has 1 N–H and O–H groups in total. The van der Waals surface area contributed by atoms with Gasteiger partial charge >= 0.3 is 0 Å². The fraction of sp³-hybridized carbons (Fsp3) is 0.143. The molecule has 8 heteroatoms. The van der Waals surface area contributed by atoms with Gasteiger partial charge in [0.15, 0.2) is 0 Å². The predicted molar refractivity (Wildman–Crippen MR) is 106 cm³/mol. The van der Waals surface area contributed by atoms with E-state index in [1.807, 2.05) is 32.0 Å². The minimum atomic E-state index is -0.494. The van der Waals surface area contributed by atoms with Gasteiger partial charge in [-0.3, -0.25) is 14.2 Å². The van der Waals surface area contributed by atoms with Crippen LogP contribution in [0.4, 0.5) is 10.1 Å². The summed E-state index contributed by atoms with van der Waals surface area (Å²) in [7, 11) is 0. The predicted octanol–water partition coefficient (Wildman–Crippen LogP) is 3.45. The second kappa shape index (κ2) is 7.31. The number of hydrogen-bond acceptors (Lipinski definition) is 5. The Labute approximate surface area is 164 Å². The highest BCUT2D eigenvalue weighted by atomic mass is 19.1. The summed E-state index contributed by atoms with van der Waals surface area (Å²) in [5.74, 6) is -0.834. The molecule has 0 aliphatic carbocycles. The van der Waals surface area contributed by atoms with Gasteiger partial charge in [-0.15, -0.1) is 0 Å². The van der Waals surface area contributed by atoms with Crippen molar-refractivity contribution in [3.63, 3.8) is 0 Å². The molecule has 29 heavy (non-hydrogen) atoms. The smallest absolute Gasteiger partial charge is 0.267 e. The van der Waals surface area contributed by atoms with Gasteiger partial charge in [-0.25, -0.2) is 9.37 Å². The van der Waals surface area contributed by atoms with Gasteiger partial charge in [0, 0.05) is 11.3 Å². The number of carbonyl (C=O) groups is 1. The maximum absolute atomic E-state index is 13.6. The molecule has 0 bridgehead atoms. The molecule has 0 aliphatic heterocycles. The maximum atomic E-state index is 13.6. The van der Waals surface area contributed by atoms with Crippen LogP contribution in [0.5, 0.6) is 0 Å². The third-order valence-corrected chi connectivity index (χ3v) is 4.53. The number of rotatable bonds is 4. The molecule has 4 rings (SSSR count). The molecule has 1 amide bonds. The Morgan fingerprint density at radius 3 is 2.79 bits per heavy atom. The maximum Gasteiger partial charge on any atom is 0.267 e. The summed E-state index contributed by atoms with van der Waals surface area (Å²) in [5, 5.41) is 6.75. The van der Waals surface area contributed by atoms with E-state index in [9.17, 15) is 14.0 Å². The Balaban J connectivity index is 1.66. The molecule has 0 radical (unpaired) electrons. The monoisotopic (exact) mass is 392 g/mol. The van der Waals surface area contributed by atoms with Gasteiger partial charge in [0.25, 0.3) is 11.3 Å². The summed E-state index contributed by atoms with van der Waals surface area (Å²) in [6, 6.07) is 11.3. The van der Waals surface area contributed by atoms with Crippen molar-refractivity contribution in [3.8, 4) is 11.3 Å². The van der Waals surface area contributed by atoms with Crippen molar-refractivity contribution in [3.05, 3.63) is 76.1 Å². The number of halogens is 1. The van der Waals surface area contributed by atoms with E-state index in [-0.39, 0.29) is 29.2 Å². The van der Waals surface area contributed by atoms with Crippen molar-refractivity contribution >= 4 is 22.7 Å². The second-order valence-electron chi connectivity index (χ2n) is 6.77. The average Bonchev–Trinajstić information content (AvgIpc) is 3.11. The molecule has 4 aromatic rings. The van der Waals surface area contributed by atoms with Crippen molar-refractivity contribution in [2.45, 2.75) is 20.4 Å². The van der Waals surface area contributed by atoms with Gasteiger partial charge < -0.3 is 9.84 Å². The first-order chi connectivity index (χ1) is 13.9. The molecule has 0 saturated carbocycles. The molecule has 0 spiro atoms. The van der Waals surface area contributed by atoms with Gasteiger partial charge in [0.1, 0.15) is 29.8 Å². The van der Waals surface area contributed by atoms with Crippen molar-refractivity contribution < 1.29 is 13.7 Å². The average molecular weight is 392 g/mol. The van der Waals surface area contributed by atoms with E-state index in [0.717, 1.165) is 11.1 Å². The first-order valence-electron chi connectivity index (χ1n) is 8.90. The van der Waals surface area contributed by atoms with Crippen molar-refractivity contribution in [2.75, 3.05) is 5.32 Å². The zero-order valence-electron chi connectivity index (χ0n) is 15.8. The van der Waals surface area contributed by atoms with Crippen LogP contribution in [0.15, 0.2) is 58.1 Å². The lowest BCUT2D eigenvalue weighted by Crippen LogP contribution is -2.28. The zero-order valence-corrected chi connectivity index (χ0v) is 15.8. The van der Waals surface area contributed by atoms with E-state index in [2.05, 4.69) is 15.5 Å². The number of aromatic nitrogens is 3. The lowest BCUT2D eigenvalue weighted by atomic mass is 10.1. The van der Waals surface area contributed by atoms with Crippen LogP contribution in [0.2, 0.25) is 0 Å². The normalized spacial score (nSPS) is 11.0. The zero-order chi connectivity index (χ0) is 20.5. The molecule has 7 nitrogen and oxygen atoms in total. The molecule has 0 aliphatic rings. The summed E-state index contributed by atoms with van der Waals surface area (Å²) in [5.41, 5.74) is 2.79. The SMILES string of the molecule is Cc1ccc(NC(=O)Cn2cnc3onc(-c4cccc(F)c4)c3c2=O)c(C)c1. The largest absolute Gasteiger partial charge is 0.335 e. The number of nitrogens with zero attached hydrogens (tertiary/aromatic N) is 3. The van der Waals surface area contributed by atoms with Gasteiger partial charge in [0.05, 0.1) is 0 Å². The lowest BCUT2D eigenvalue weighted by molar-refractivity contribution is -0.116. The minimum Gasteiger partial charge on any atom is -0.335 e. The highest BCUT2D eigenvalue weighted by molar-refractivity contribution is 5.92. The fourth-order valence-electron chi connectivity index (χ4n) is 3.12. The van der Waals surface area contributed by atoms with Crippen LogP contribution in [0.3, 0.4) is 0 Å². The van der Waals surface area contributed by atoms with Gasteiger partial charge in [0.2, 0.25) is 5.91 Å². The number of benzene rings is 2. The summed E-state index contributed by atoms with van der Waals surface area (Å²) < 4.78 is 19.8. The van der Waals surface area contributed by atoms with Crippen LogP contribution in [-0.4, -0.2) is 20.6 Å². The molecule has 0 atom stereocenters. The van der Waals surface area contributed by atoms with E-state index in [1.165, 1.54) is 29.1 Å². The molecule has 2 heterocycles. The molecule has 2 aromatic heterocycles. The van der Waals surface area contributed by atoms with Crippen LogP contribution < -0.4 is 10.9 Å². The van der Waals surface area contributed by atoms with Gasteiger partial charge in [-0.1, -0.05) is 35.0 Å². The van der Waals surface area contributed by atoms with Crippen LogP contribution in [0.1, 0.15) is 11.1 Å².